The van der Waals surface area contributed by atoms with Crippen molar-refractivity contribution < 1.29 is 33.3 Å². The highest BCUT2D eigenvalue weighted by Gasteiger charge is 2.62. The van der Waals surface area contributed by atoms with Gasteiger partial charge >= 0.3 is 5.97 Å². The van der Waals surface area contributed by atoms with Crippen LogP contribution in [0.5, 0.6) is 5.75 Å². The smallest absolute Gasteiger partial charge is 0.339 e. The number of benzene rings is 3. The monoisotopic (exact) mass is 691 g/mol. The Morgan fingerprint density at radius 3 is 2.40 bits per heavy atom. The third-order valence-electron chi connectivity index (χ3n) is 8.70. The van der Waals surface area contributed by atoms with Gasteiger partial charge in [0.15, 0.2) is 0 Å². The molecule has 0 radical (unpaired) electrons. The Morgan fingerprint density at radius 2 is 1.79 bits per heavy atom. The van der Waals surface area contributed by atoms with Crippen molar-refractivity contribution in [3.63, 3.8) is 0 Å². The zero-order valence-corrected chi connectivity index (χ0v) is 28.3. The Labute approximate surface area is 283 Å². The minimum Gasteiger partial charge on any atom is -0.496 e. The van der Waals surface area contributed by atoms with Gasteiger partial charge in [0.1, 0.15) is 22.9 Å². The number of aromatic carboxylic acids is 1. The van der Waals surface area contributed by atoms with Crippen LogP contribution in [-0.4, -0.2) is 59.3 Å². The molecule has 3 aromatic rings. The maximum absolute atomic E-state index is 16.2. The summed E-state index contributed by atoms with van der Waals surface area (Å²) < 4.78 is 37.5. The van der Waals surface area contributed by atoms with Gasteiger partial charge in [0.2, 0.25) is 5.91 Å². The van der Waals surface area contributed by atoms with E-state index in [1.807, 2.05) is 25.7 Å². The minimum absolute atomic E-state index is 0.00331. The van der Waals surface area contributed by atoms with Gasteiger partial charge in [0.25, 0.3) is 0 Å². The van der Waals surface area contributed by atoms with E-state index in [-0.39, 0.29) is 50.2 Å². The molecule has 0 aromatic heterocycles. The number of carboxylic acid groups (broad SMARTS) is 1. The van der Waals surface area contributed by atoms with Gasteiger partial charge in [0, 0.05) is 40.9 Å². The Kier molecular flexibility index (Phi) is 11.6. The fraction of sp³-hybridized carbons (Fsp3) is 0.429. The summed E-state index contributed by atoms with van der Waals surface area (Å²) in [7, 11) is 1.32. The first-order chi connectivity index (χ1) is 22.1. The van der Waals surface area contributed by atoms with Crippen LogP contribution < -0.4 is 15.8 Å². The summed E-state index contributed by atoms with van der Waals surface area (Å²) >= 11 is 12.5. The number of ether oxygens (including phenoxy) is 1. The number of likely N-dealkylation sites (tertiary alicyclic amines) is 1. The van der Waals surface area contributed by atoms with Crippen molar-refractivity contribution in [3.8, 4) is 5.75 Å². The molecule has 1 aliphatic heterocycles. The van der Waals surface area contributed by atoms with E-state index in [9.17, 15) is 19.8 Å². The molecule has 4 rings (SSSR count). The number of nitrogens with one attached hydrogen (secondary N) is 1. The molecule has 4 atom stereocenters. The molecule has 1 amide bonds. The van der Waals surface area contributed by atoms with Crippen LogP contribution in [0.25, 0.3) is 0 Å². The summed E-state index contributed by atoms with van der Waals surface area (Å²) in [6.45, 7) is 6.35. The van der Waals surface area contributed by atoms with E-state index in [0.29, 0.717) is 32.2 Å². The second-order valence-corrected chi connectivity index (χ2v) is 14.0. The van der Waals surface area contributed by atoms with Crippen molar-refractivity contribution in [2.24, 2.45) is 11.1 Å². The van der Waals surface area contributed by atoms with Crippen LogP contribution in [0.4, 0.5) is 14.5 Å². The third kappa shape index (κ3) is 7.73. The zero-order valence-electron chi connectivity index (χ0n) is 26.8. The lowest BCUT2D eigenvalue weighted by Crippen LogP contribution is -2.53. The lowest BCUT2D eigenvalue weighted by Gasteiger charge is -2.41. The molecule has 3 aromatic carbocycles. The van der Waals surface area contributed by atoms with Gasteiger partial charge in [-0.2, -0.15) is 0 Å². The number of carbonyl (C=O) groups excluding carboxylic acids is 1. The Balaban J connectivity index is 1.99. The van der Waals surface area contributed by atoms with Crippen molar-refractivity contribution in [1.29, 1.82) is 0 Å². The van der Waals surface area contributed by atoms with Gasteiger partial charge in [-0.15, -0.1) is 0 Å². The van der Waals surface area contributed by atoms with Crippen molar-refractivity contribution in [3.05, 3.63) is 93.0 Å². The highest BCUT2D eigenvalue weighted by molar-refractivity contribution is 6.31. The molecule has 0 spiro atoms. The van der Waals surface area contributed by atoms with E-state index in [4.69, 9.17) is 33.7 Å². The summed E-state index contributed by atoms with van der Waals surface area (Å²) in [5.74, 6) is -4.36. The Bertz CT molecular complexity index is 1620. The molecule has 254 valence electrons. The second kappa shape index (κ2) is 14.9. The Hall–Kier alpha value is -3.28. The van der Waals surface area contributed by atoms with Gasteiger partial charge in [0.05, 0.1) is 23.7 Å². The molecule has 0 bridgehead atoms. The number of carbonyl (C=O) groups is 2. The van der Waals surface area contributed by atoms with E-state index >= 15 is 8.78 Å². The molecule has 5 N–H and O–H groups in total. The van der Waals surface area contributed by atoms with Crippen LogP contribution in [0, 0.1) is 17.0 Å². The first kappa shape index (κ1) is 36.6. The van der Waals surface area contributed by atoms with Gasteiger partial charge in [-0.1, -0.05) is 62.2 Å². The van der Waals surface area contributed by atoms with Crippen LogP contribution >= 0.6 is 23.2 Å². The number of amides is 1. The number of hydrogen-bond acceptors (Lipinski definition) is 6. The number of aliphatic hydroxyl groups is 1. The molecule has 1 saturated heterocycles. The number of halogens is 4. The lowest BCUT2D eigenvalue weighted by atomic mass is 9.68. The van der Waals surface area contributed by atoms with E-state index in [1.54, 1.807) is 6.07 Å². The average molecular weight is 693 g/mol. The van der Waals surface area contributed by atoms with Crippen molar-refractivity contribution >= 4 is 40.8 Å². The summed E-state index contributed by atoms with van der Waals surface area (Å²) in [4.78, 5) is 28.2. The van der Waals surface area contributed by atoms with E-state index < -0.39 is 47.1 Å². The zero-order chi connectivity index (χ0) is 34.7. The average Bonchev–Trinajstić information content (AvgIpc) is 3.23. The number of methoxy groups -OCH3 is 1. The van der Waals surface area contributed by atoms with Gasteiger partial charge in [-0.05, 0) is 73.5 Å². The number of carboxylic acids is 1. The standard InChI is InChI=1S/C35H41Cl2F2N3O5/c1-34(2,3)19-28-35(40,24-14-11-20(36)17-26(24)38)29(23-9-8-10-25(37)30(23)39)31(42(28)15-6-5-7-16-43)32(44)41-21-12-13-22(33(45)46)27(18-21)47-4/h8-14,17-18,28-29,31,43H,5-7,15-16,19,40H2,1-4H3,(H,41,44)(H,45,46). The van der Waals surface area contributed by atoms with Crippen LogP contribution in [0.2, 0.25) is 10.0 Å². The van der Waals surface area contributed by atoms with Gasteiger partial charge in [-0.3, -0.25) is 9.69 Å². The predicted molar refractivity (Wildman–Crippen MR) is 179 cm³/mol. The van der Waals surface area contributed by atoms with Crippen molar-refractivity contribution in [2.75, 3.05) is 25.6 Å². The van der Waals surface area contributed by atoms with Gasteiger partial charge < -0.3 is 26.0 Å². The SMILES string of the molecule is COc1cc(NC(=O)C2C(c3cccc(Cl)c3F)C(N)(c3ccc(Cl)cc3F)C(CC(C)(C)C)N2CCCCCO)ccc1C(=O)O. The summed E-state index contributed by atoms with van der Waals surface area (Å²) in [5.41, 5.74) is 5.70. The van der Waals surface area contributed by atoms with Gasteiger partial charge in [-0.25, -0.2) is 13.6 Å². The summed E-state index contributed by atoms with van der Waals surface area (Å²) in [6.07, 6.45) is 2.14. The molecule has 12 heteroatoms. The molecular formula is C35H41Cl2F2N3O5. The number of aliphatic hydroxyl groups excluding tert-OH is 1. The normalized spacial score (nSPS) is 21.5. The van der Waals surface area contributed by atoms with Crippen LogP contribution in [-0.2, 0) is 10.3 Å². The second-order valence-electron chi connectivity index (χ2n) is 13.1. The van der Waals surface area contributed by atoms with E-state index in [1.165, 1.54) is 49.6 Å². The molecule has 1 fully saturated rings. The van der Waals surface area contributed by atoms with Crippen molar-refractivity contribution in [2.45, 2.75) is 70.0 Å². The molecule has 1 heterocycles. The number of unbranched alkanes of at least 4 members (excludes halogenated alkanes) is 2. The minimum atomic E-state index is -1.67. The maximum atomic E-state index is 16.2. The fourth-order valence-corrected chi connectivity index (χ4v) is 7.05. The first-order valence-electron chi connectivity index (χ1n) is 15.4. The molecule has 0 saturated carbocycles. The summed E-state index contributed by atoms with van der Waals surface area (Å²) in [6, 6.07) is 10.9. The molecule has 8 nitrogen and oxygen atoms in total. The highest BCUT2D eigenvalue weighted by Crippen LogP contribution is 2.54. The van der Waals surface area contributed by atoms with Crippen LogP contribution in [0.1, 0.15) is 73.9 Å². The Morgan fingerprint density at radius 1 is 1.06 bits per heavy atom. The van der Waals surface area contributed by atoms with Crippen molar-refractivity contribution in [1.82, 2.24) is 4.90 Å². The molecule has 4 unspecified atom stereocenters. The molecular weight excluding hydrogens is 651 g/mol. The predicted octanol–water partition coefficient (Wildman–Crippen LogP) is 7.21. The van der Waals surface area contributed by atoms with Crippen LogP contribution in [0.15, 0.2) is 54.6 Å². The highest BCUT2D eigenvalue weighted by atomic mass is 35.5. The molecule has 1 aliphatic rings. The number of anilines is 1. The number of hydrogen-bond donors (Lipinski definition) is 4. The lowest BCUT2D eigenvalue weighted by molar-refractivity contribution is -0.121. The fourth-order valence-electron chi connectivity index (χ4n) is 6.71. The largest absolute Gasteiger partial charge is 0.496 e. The van der Waals surface area contributed by atoms with Crippen LogP contribution in [0.3, 0.4) is 0 Å². The number of nitrogens with zero attached hydrogens (tertiary/aromatic N) is 1. The first-order valence-corrected chi connectivity index (χ1v) is 16.2. The maximum Gasteiger partial charge on any atom is 0.339 e. The number of rotatable bonds is 12. The molecule has 0 aliphatic carbocycles. The molecule has 47 heavy (non-hydrogen) atoms. The van der Waals surface area contributed by atoms with E-state index in [0.717, 1.165) is 6.07 Å². The topological polar surface area (TPSA) is 125 Å². The third-order valence-corrected chi connectivity index (χ3v) is 9.23. The quantitative estimate of drug-likeness (QED) is 0.148. The van der Waals surface area contributed by atoms with E-state index in [2.05, 4.69) is 5.32 Å². The summed E-state index contributed by atoms with van der Waals surface area (Å²) in [5, 5.41) is 21.8. The number of nitrogens with two attached hydrogens (primary N) is 1.